The standard InChI is InChI=1S/C18H11ClF3N3O3/c19-12-3-6-15(14(7-12)18(20,21)22)24-9-11(8-23)16(26)25-13-4-1-10(2-5-13)17(27)28/h1-7,9,24H,(H,25,26)(H,27,28)/b11-9-. The lowest BCUT2D eigenvalue weighted by Crippen LogP contribution is -2.15. The zero-order valence-electron chi connectivity index (χ0n) is 13.8. The van der Waals surface area contributed by atoms with Crippen molar-refractivity contribution in [3.05, 3.63) is 70.4 Å². The summed E-state index contributed by atoms with van der Waals surface area (Å²) in [5, 5.41) is 22.4. The Morgan fingerprint density at radius 3 is 2.32 bits per heavy atom. The van der Waals surface area contributed by atoms with Crippen LogP contribution in [0.15, 0.2) is 54.2 Å². The van der Waals surface area contributed by atoms with Crippen molar-refractivity contribution in [3.8, 4) is 6.07 Å². The summed E-state index contributed by atoms with van der Waals surface area (Å²) in [5.74, 6) is -2.04. The van der Waals surface area contributed by atoms with Crippen LogP contribution in [0, 0.1) is 11.3 Å². The molecular formula is C18H11ClF3N3O3. The number of carbonyl (C=O) groups is 2. The number of carbonyl (C=O) groups excluding carboxylic acids is 1. The van der Waals surface area contributed by atoms with Gasteiger partial charge < -0.3 is 15.7 Å². The van der Waals surface area contributed by atoms with E-state index in [2.05, 4.69) is 10.6 Å². The summed E-state index contributed by atoms with van der Waals surface area (Å²) in [4.78, 5) is 22.9. The Balaban J connectivity index is 2.19. The largest absolute Gasteiger partial charge is 0.478 e. The van der Waals surface area contributed by atoms with E-state index in [1.807, 2.05) is 0 Å². The zero-order valence-corrected chi connectivity index (χ0v) is 14.6. The summed E-state index contributed by atoms with van der Waals surface area (Å²) in [6, 6.07) is 9.70. The number of hydrogen-bond donors (Lipinski definition) is 3. The van der Waals surface area contributed by atoms with E-state index in [4.69, 9.17) is 22.0 Å². The average Bonchev–Trinajstić information content (AvgIpc) is 2.62. The minimum absolute atomic E-state index is 0.00173. The number of amides is 1. The molecule has 0 aromatic heterocycles. The molecule has 144 valence electrons. The second kappa shape index (κ2) is 8.45. The molecule has 0 saturated heterocycles. The van der Waals surface area contributed by atoms with E-state index in [9.17, 15) is 22.8 Å². The number of aromatic carboxylic acids is 1. The van der Waals surface area contributed by atoms with Crippen molar-refractivity contribution in [2.45, 2.75) is 6.18 Å². The Hall–Kier alpha value is -3.51. The first-order chi connectivity index (χ1) is 13.1. The molecule has 0 aliphatic rings. The van der Waals surface area contributed by atoms with Gasteiger partial charge in [-0.25, -0.2) is 4.79 Å². The number of carboxylic acids is 1. The molecule has 0 unspecified atom stereocenters. The number of halogens is 4. The second-order valence-corrected chi connectivity index (χ2v) is 5.77. The van der Waals surface area contributed by atoms with Crippen LogP contribution in [0.2, 0.25) is 5.02 Å². The molecule has 0 saturated carbocycles. The summed E-state index contributed by atoms with van der Waals surface area (Å²) in [7, 11) is 0. The Labute approximate surface area is 161 Å². The van der Waals surface area contributed by atoms with Crippen LogP contribution < -0.4 is 10.6 Å². The van der Waals surface area contributed by atoms with Crippen molar-refractivity contribution in [1.82, 2.24) is 0 Å². The van der Waals surface area contributed by atoms with Crippen LogP contribution in [0.5, 0.6) is 0 Å². The maximum absolute atomic E-state index is 13.1. The molecule has 0 aliphatic heterocycles. The van der Waals surface area contributed by atoms with E-state index >= 15 is 0 Å². The summed E-state index contributed by atoms with van der Waals surface area (Å²) < 4.78 is 39.2. The normalized spacial score (nSPS) is 11.5. The number of hydrogen-bond acceptors (Lipinski definition) is 4. The first-order valence-electron chi connectivity index (χ1n) is 7.50. The number of nitrogens with zero attached hydrogens (tertiary/aromatic N) is 1. The van der Waals surface area contributed by atoms with Gasteiger partial charge in [0.2, 0.25) is 0 Å². The van der Waals surface area contributed by atoms with Gasteiger partial charge in [-0.15, -0.1) is 0 Å². The van der Waals surface area contributed by atoms with Crippen molar-refractivity contribution in [3.63, 3.8) is 0 Å². The van der Waals surface area contributed by atoms with Gasteiger partial charge in [0, 0.05) is 16.9 Å². The molecule has 3 N–H and O–H groups in total. The van der Waals surface area contributed by atoms with Gasteiger partial charge in [-0.05, 0) is 42.5 Å². The molecule has 0 spiro atoms. The topological polar surface area (TPSA) is 102 Å². The second-order valence-electron chi connectivity index (χ2n) is 5.34. The van der Waals surface area contributed by atoms with Gasteiger partial charge in [0.1, 0.15) is 11.6 Å². The third kappa shape index (κ3) is 5.25. The van der Waals surface area contributed by atoms with E-state index in [-0.39, 0.29) is 22.0 Å². The fourth-order valence-electron chi connectivity index (χ4n) is 2.07. The van der Waals surface area contributed by atoms with Crippen LogP contribution in [0.1, 0.15) is 15.9 Å². The number of carboxylic acid groups (broad SMARTS) is 1. The van der Waals surface area contributed by atoms with Crippen molar-refractivity contribution in [1.29, 1.82) is 5.26 Å². The lowest BCUT2D eigenvalue weighted by atomic mass is 10.1. The molecule has 0 aliphatic carbocycles. The molecule has 0 atom stereocenters. The van der Waals surface area contributed by atoms with Gasteiger partial charge in [0.05, 0.1) is 16.8 Å². The molecule has 1 amide bonds. The Kier molecular flexibility index (Phi) is 6.28. The summed E-state index contributed by atoms with van der Waals surface area (Å²) in [6.07, 6.45) is -3.86. The van der Waals surface area contributed by atoms with Gasteiger partial charge in [0.25, 0.3) is 5.91 Å². The highest BCUT2D eigenvalue weighted by molar-refractivity contribution is 6.30. The van der Waals surface area contributed by atoms with Crippen LogP contribution in [0.3, 0.4) is 0 Å². The van der Waals surface area contributed by atoms with E-state index in [0.29, 0.717) is 6.07 Å². The predicted octanol–water partition coefficient (Wildman–Crippen LogP) is 4.52. The van der Waals surface area contributed by atoms with E-state index in [0.717, 1.165) is 12.3 Å². The van der Waals surface area contributed by atoms with Gasteiger partial charge in [-0.1, -0.05) is 11.6 Å². The summed E-state index contributed by atoms with van der Waals surface area (Å²) in [6.45, 7) is 0. The monoisotopic (exact) mass is 409 g/mol. The Bertz CT molecular complexity index is 980. The van der Waals surface area contributed by atoms with Crippen LogP contribution in [0.25, 0.3) is 0 Å². The fraction of sp³-hybridized carbons (Fsp3) is 0.0556. The highest BCUT2D eigenvalue weighted by Crippen LogP contribution is 2.36. The number of rotatable bonds is 5. The van der Waals surface area contributed by atoms with Gasteiger partial charge in [-0.2, -0.15) is 18.4 Å². The highest BCUT2D eigenvalue weighted by Gasteiger charge is 2.33. The fourth-order valence-corrected chi connectivity index (χ4v) is 2.24. The molecule has 6 nitrogen and oxygen atoms in total. The molecule has 2 aromatic carbocycles. The summed E-state index contributed by atoms with van der Waals surface area (Å²) in [5.41, 5.74) is -1.73. The number of nitriles is 1. The minimum Gasteiger partial charge on any atom is -0.478 e. The maximum Gasteiger partial charge on any atom is 0.418 e. The van der Waals surface area contributed by atoms with Gasteiger partial charge in [0.15, 0.2) is 0 Å². The van der Waals surface area contributed by atoms with Crippen LogP contribution in [0.4, 0.5) is 24.5 Å². The lowest BCUT2D eigenvalue weighted by Gasteiger charge is -2.13. The average molecular weight is 410 g/mol. The summed E-state index contributed by atoms with van der Waals surface area (Å²) >= 11 is 5.59. The molecule has 2 rings (SSSR count). The maximum atomic E-state index is 13.1. The van der Waals surface area contributed by atoms with Crippen molar-refractivity contribution < 1.29 is 27.9 Å². The molecule has 28 heavy (non-hydrogen) atoms. The van der Waals surface area contributed by atoms with Gasteiger partial charge in [-0.3, -0.25) is 4.79 Å². The Morgan fingerprint density at radius 1 is 1.14 bits per heavy atom. The smallest absolute Gasteiger partial charge is 0.418 e. The molecule has 10 heteroatoms. The van der Waals surface area contributed by atoms with E-state index < -0.39 is 29.2 Å². The minimum atomic E-state index is -4.69. The number of nitrogens with one attached hydrogen (secondary N) is 2. The molecule has 0 heterocycles. The Morgan fingerprint density at radius 2 is 1.79 bits per heavy atom. The van der Waals surface area contributed by atoms with Crippen molar-refractivity contribution in [2.24, 2.45) is 0 Å². The SMILES string of the molecule is N#C/C(=C/Nc1ccc(Cl)cc1C(F)(F)F)C(=O)Nc1ccc(C(=O)O)cc1. The molecular weight excluding hydrogens is 399 g/mol. The van der Waals surface area contributed by atoms with E-state index in [1.54, 1.807) is 6.07 Å². The first kappa shape index (κ1) is 20.8. The predicted molar refractivity (Wildman–Crippen MR) is 95.8 cm³/mol. The van der Waals surface area contributed by atoms with Gasteiger partial charge >= 0.3 is 12.1 Å². The number of alkyl halides is 3. The van der Waals surface area contributed by atoms with Crippen LogP contribution in [-0.4, -0.2) is 17.0 Å². The third-order valence-corrected chi connectivity index (χ3v) is 3.65. The molecule has 0 fully saturated rings. The highest BCUT2D eigenvalue weighted by atomic mass is 35.5. The lowest BCUT2D eigenvalue weighted by molar-refractivity contribution is -0.136. The quantitative estimate of drug-likeness (QED) is 0.498. The van der Waals surface area contributed by atoms with Crippen LogP contribution >= 0.6 is 11.6 Å². The first-order valence-corrected chi connectivity index (χ1v) is 7.88. The van der Waals surface area contributed by atoms with E-state index in [1.165, 1.54) is 30.3 Å². The van der Waals surface area contributed by atoms with Crippen molar-refractivity contribution >= 4 is 34.9 Å². The number of benzene rings is 2. The van der Waals surface area contributed by atoms with Crippen molar-refractivity contribution in [2.75, 3.05) is 10.6 Å². The molecule has 0 bridgehead atoms. The third-order valence-electron chi connectivity index (χ3n) is 3.41. The molecule has 2 aromatic rings. The molecule has 0 radical (unpaired) electrons. The zero-order chi connectivity index (χ0) is 20.9. The van der Waals surface area contributed by atoms with Crippen LogP contribution in [-0.2, 0) is 11.0 Å². The number of anilines is 2.